The van der Waals surface area contributed by atoms with Crippen molar-refractivity contribution in [2.24, 2.45) is 10.4 Å². The van der Waals surface area contributed by atoms with Crippen LogP contribution in [0.2, 0.25) is 0 Å². The maximum atomic E-state index is 9.27. The van der Waals surface area contributed by atoms with E-state index in [1.54, 1.807) is 7.05 Å². The van der Waals surface area contributed by atoms with Gasteiger partial charge >= 0.3 is 0 Å². The van der Waals surface area contributed by atoms with Gasteiger partial charge in [0.25, 0.3) is 0 Å². The molecule has 24 heavy (non-hydrogen) atoms. The number of guanidine groups is 1. The first kappa shape index (κ1) is 18.5. The smallest absolute Gasteiger partial charge is 0.191 e. The number of nitrogens with zero attached hydrogens (tertiary/aromatic N) is 1. The summed E-state index contributed by atoms with van der Waals surface area (Å²) in [4.78, 5) is 4.25. The third-order valence-electron chi connectivity index (χ3n) is 4.31. The highest BCUT2D eigenvalue weighted by molar-refractivity contribution is 5.79. The molecule has 6 heteroatoms. The van der Waals surface area contributed by atoms with Gasteiger partial charge in [0.05, 0.1) is 13.2 Å². The molecule has 2 rings (SSSR count). The highest BCUT2D eigenvalue weighted by Crippen LogP contribution is 2.31. The summed E-state index contributed by atoms with van der Waals surface area (Å²) in [5, 5.41) is 15.9. The number of rotatable bonds is 9. The average molecular weight is 335 g/mol. The summed E-state index contributed by atoms with van der Waals surface area (Å²) in [6.07, 6.45) is 2.62. The number of benzene rings is 1. The average Bonchev–Trinajstić information content (AvgIpc) is 3.07. The Hall–Kier alpha value is -1.79. The molecular formula is C18H29N3O3. The Morgan fingerprint density at radius 2 is 2.17 bits per heavy atom. The van der Waals surface area contributed by atoms with Crippen LogP contribution in [0.15, 0.2) is 35.3 Å². The van der Waals surface area contributed by atoms with Crippen LogP contribution in [0.1, 0.15) is 19.3 Å². The molecule has 1 aliphatic heterocycles. The van der Waals surface area contributed by atoms with Crippen molar-refractivity contribution in [3.8, 4) is 5.75 Å². The minimum Gasteiger partial charge on any atom is -0.494 e. The molecule has 1 heterocycles. The molecule has 0 aliphatic carbocycles. The Balaban J connectivity index is 1.63. The van der Waals surface area contributed by atoms with Crippen molar-refractivity contribution in [2.45, 2.75) is 19.3 Å². The molecule has 134 valence electrons. The first-order valence-corrected chi connectivity index (χ1v) is 8.59. The Bertz CT molecular complexity index is 488. The van der Waals surface area contributed by atoms with Gasteiger partial charge in [-0.15, -0.1) is 0 Å². The van der Waals surface area contributed by atoms with Crippen LogP contribution in [0, 0.1) is 5.41 Å². The molecule has 1 saturated heterocycles. The van der Waals surface area contributed by atoms with Gasteiger partial charge in [0, 0.05) is 38.8 Å². The third-order valence-corrected chi connectivity index (χ3v) is 4.31. The number of para-hydroxylation sites is 1. The molecule has 1 atom stereocenters. The maximum Gasteiger partial charge on any atom is 0.191 e. The summed E-state index contributed by atoms with van der Waals surface area (Å²) in [7, 11) is 1.76. The zero-order valence-corrected chi connectivity index (χ0v) is 14.5. The van der Waals surface area contributed by atoms with Crippen LogP contribution in [0.3, 0.4) is 0 Å². The van der Waals surface area contributed by atoms with Crippen molar-refractivity contribution in [1.29, 1.82) is 0 Å². The number of hydrogen-bond acceptors (Lipinski definition) is 4. The van der Waals surface area contributed by atoms with Crippen LogP contribution in [-0.4, -0.2) is 57.6 Å². The molecule has 1 aromatic carbocycles. The van der Waals surface area contributed by atoms with E-state index in [1.807, 2.05) is 30.3 Å². The first-order chi connectivity index (χ1) is 11.8. The molecule has 0 radical (unpaired) electrons. The van der Waals surface area contributed by atoms with E-state index in [-0.39, 0.29) is 12.0 Å². The number of ether oxygens (including phenoxy) is 2. The second-order valence-electron chi connectivity index (χ2n) is 6.14. The summed E-state index contributed by atoms with van der Waals surface area (Å²) in [6, 6.07) is 9.82. The summed E-state index contributed by atoms with van der Waals surface area (Å²) in [5.41, 5.74) is 0.0167. The van der Waals surface area contributed by atoms with Gasteiger partial charge < -0.3 is 25.2 Å². The molecule has 1 unspecified atom stereocenters. The van der Waals surface area contributed by atoms with Crippen molar-refractivity contribution >= 4 is 5.96 Å². The lowest BCUT2D eigenvalue weighted by Gasteiger charge is -2.27. The van der Waals surface area contributed by atoms with Gasteiger partial charge in [-0.2, -0.15) is 0 Å². The quantitative estimate of drug-likeness (QED) is 0.361. The lowest BCUT2D eigenvalue weighted by Crippen LogP contribution is -2.44. The Kier molecular flexibility index (Phi) is 7.85. The van der Waals surface area contributed by atoms with Crippen LogP contribution in [0.5, 0.6) is 5.75 Å². The molecule has 0 spiro atoms. The van der Waals surface area contributed by atoms with Gasteiger partial charge in [-0.3, -0.25) is 4.99 Å². The Morgan fingerprint density at radius 3 is 2.83 bits per heavy atom. The standard InChI is InChI=1S/C18H29N3O3/c1-19-17(21-14-18(8-11-22)9-13-23-15-18)20-10-5-12-24-16-6-3-2-4-7-16/h2-4,6-7,22H,5,8-15H2,1H3,(H2,19,20,21). The molecule has 0 aromatic heterocycles. The van der Waals surface area contributed by atoms with E-state index in [0.29, 0.717) is 13.2 Å². The number of aliphatic hydroxyl groups is 1. The van der Waals surface area contributed by atoms with Crippen LogP contribution < -0.4 is 15.4 Å². The number of aliphatic hydroxyl groups excluding tert-OH is 1. The van der Waals surface area contributed by atoms with Crippen molar-refractivity contribution < 1.29 is 14.6 Å². The fourth-order valence-electron chi connectivity index (χ4n) is 2.79. The van der Waals surface area contributed by atoms with E-state index >= 15 is 0 Å². The first-order valence-electron chi connectivity index (χ1n) is 8.59. The van der Waals surface area contributed by atoms with Gasteiger partial charge in [0.15, 0.2) is 5.96 Å². The van der Waals surface area contributed by atoms with Crippen LogP contribution in [-0.2, 0) is 4.74 Å². The van der Waals surface area contributed by atoms with Crippen LogP contribution >= 0.6 is 0 Å². The summed E-state index contributed by atoms with van der Waals surface area (Å²) >= 11 is 0. The lowest BCUT2D eigenvalue weighted by molar-refractivity contribution is 0.127. The molecule has 3 N–H and O–H groups in total. The minimum absolute atomic E-state index is 0.0167. The monoisotopic (exact) mass is 335 g/mol. The van der Waals surface area contributed by atoms with Gasteiger partial charge in [-0.25, -0.2) is 0 Å². The molecular weight excluding hydrogens is 306 g/mol. The summed E-state index contributed by atoms with van der Waals surface area (Å²) in [6.45, 7) is 3.86. The van der Waals surface area contributed by atoms with Gasteiger partial charge in [-0.05, 0) is 31.4 Å². The maximum absolute atomic E-state index is 9.27. The summed E-state index contributed by atoms with van der Waals surface area (Å²) < 4.78 is 11.2. The number of nitrogens with one attached hydrogen (secondary N) is 2. The number of hydrogen-bond donors (Lipinski definition) is 3. The fourth-order valence-corrected chi connectivity index (χ4v) is 2.79. The largest absolute Gasteiger partial charge is 0.494 e. The highest BCUT2D eigenvalue weighted by atomic mass is 16.5. The van der Waals surface area contributed by atoms with E-state index in [0.717, 1.165) is 50.7 Å². The van der Waals surface area contributed by atoms with Gasteiger partial charge in [-0.1, -0.05) is 18.2 Å². The molecule has 0 bridgehead atoms. The van der Waals surface area contributed by atoms with E-state index in [9.17, 15) is 5.11 Å². The topological polar surface area (TPSA) is 75.1 Å². The molecule has 0 saturated carbocycles. The molecule has 1 aromatic rings. The third kappa shape index (κ3) is 6.02. The molecule has 1 aliphatic rings. The van der Waals surface area contributed by atoms with E-state index < -0.39 is 0 Å². The second kappa shape index (κ2) is 10.2. The highest BCUT2D eigenvalue weighted by Gasteiger charge is 2.34. The van der Waals surface area contributed by atoms with E-state index in [4.69, 9.17) is 9.47 Å². The Morgan fingerprint density at radius 1 is 1.33 bits per heavy atom. The molecule has 6 nitrogen and oxygen atoms in total. The molecule has 1 fully saturated rings. The van der Waals surface area contributed by atoms with E-state index in [2.05, 4.69) is 15.6 Å². The van der Waals surface area contributed by atoms with Crippen molar-refractivity contribution in [3.05, 3.63) is 30.3 Å². The van der Waals surface area contributed by atoms with Crippen molar-refractivity contribution in [1.82, 2.24) is 10.6 Å². The van der Waals surface area contributed by atoms with Crippen LogP contribution in [0.25, 0.3) is 0 Å². The van der Waals surface area contributed by atoms with Crippen molar-refractivity contribution in [2.75, 3.05) is 46.6 Å². The van der Waals surface area contributed by atoms with E-state index in [1.165, 1.54) is 0 Å². The normalized spacial score (nSPS) is 20.8. The predicted molar refractivity (Wildman–Crippen MR) is 95.5 cm³/mol. The SMILES string of the molecule is CN=C(NCCCOc1ccccc1)NCC1(CCO)CCOC1. The Labute approximate surface area is 144 Å². The summed E-state index contributed by atoms with van der Waals surface area (Å²) in [5.74, 6) is 1.67. The van der Waals surface area contributed by atoms with Crippen LogP contribution in [0.4, 0.5) is 0 Å². The van der Waals surface area contributed by atoms with Gasteiger partial charge in [0.2, 0.25) is 0 Å². The van der Waals surface area contributed by atoms with Gasteiger partial charge in [0.1, 0.15) is 5.75 Å². The fraction of sp³-hybridized carbons (Fsp3) is 0.611. The van der Waals surface area contributed by atoms with Crippen molar-refractivity contribution in [3.63, 3.8) is 0 Å². The zero-order valence-electron chi connectivity index (χ0n) is 14.5. The lowest BCUT2D eigenvalue weighted by atomic mass is 9.84. The zero-order chi connectivity index (χ0) is 17.1. The number of aliphatic imine (C=N–C) groups is 1. The second-order valence-corrected chi connectivity index (χ2v) is 6.14. The predicted octanol–water partition coefficient (Wildman–Crippen LogP) is 1.41. The molecule has 0 amide bonds. The minimum atomic E-state index is 0.0167.